The van der Waals surface area contributed by atoms with Crippen molar-refractivity contribution in [2.75, 3.05) is 38.8 Å². The average Bonchev–Trinajstić information content (AvgIpc) is 3.38. The lowest BCUT2D eigenvalue weighted by atomic mass is 9.33. The van der Waals surface area contributed by atoms with Crippen molar-refractivity contribution in [1.82, 2.24) is 0 Å². The van der Waals surface area contributed by atoms with E-state index in [-0.39, 0.29) is 40.6 Å². The summed E-state index contributed by atoms with van der Waals surface area (Å²) in [7, 11) is 1.75. The molecule has 8 aliphatic rings. The van der Waals surface area contributed by atoms with Crippen molar-refractivity contribution in [2.45, 2.75) is 210 Å². The molecule has 7 fully saturated rings. The molecule has 0 aromatic heterocycles. The van der Waals surface area contributed by atoms with Crippen molar-refractivity contribution in [1.29, 1.82) is 0 Å². The molecule has 1 aromatic carbocycles. The molecule has 25 unspecified atom stereocenters. The Morgan fingerprint density at radius 2 is 1.21 bits per heavy atom. The van der Waals surface area contributed by atoms with Gasteiger partial charge < -0.3 is 99.8 Å². The van der Waals surface area contributed by atoms with E-state index in [9.17, 15) is 66.1 Å². The highest BCUT2D eigenvalue weighted by atomic mass is 16.7. The Balaban J connectivity index is 0.883. The van der Waals surface area contributed by atoms with E-state index in [1.165, 1.54) is 5.57 Å². The maximum absolute atomic E-state index is 14.0. The van der Waals surface area contributed by atoms with E-state index in [1.807, 2.05) is 12.1 Å². The van der Waals surface area contributed by atoms with Crippen LogP contribution >= 0.6 is 0 Å². The lowest BCUT2D eigenvalue weighted by molar-refractivity contribution is -0.350. The van der Waals surface area contributed by atoms with Gasteiger partial charge in [0.25, 0.3) is 0 Å². The summed E-state index contributed by atoms with van der Waals surface area (Å²) in [5.41, 5.74) is -0.570. The van der Waals surface area contributed by atoms with Gasteiger partial charge in [-0.1, -0.05) is 72.2 Å². The number of benzene rings is 1. The van der Waals surface area contributed by atoms with Crippen LogP contribution in [0.1, 0.15) is 110 Å². The third-order valence-corrected chi connectivity index (χ3v) is 21.1. The summed E-state index contributed by atoms with van der Waals surface area (Å²) in [5, 5.41) is 134. The number of fused-ring (bicyclic) bond motifs is 7. The molecule has 4 saturated carbocycles. The zero-order valence-corrected chi connectivity index (χ0v) is 45.6. The molecule has 3 heterocycles. The van der Waals surface area contributed by atoms with Gasteiger partial charge in [-0.2, -0.15) is 0 Å². The summed E-state index contributed by atoms with van der Waals surface area (Å²) in [6, 6.07) is 7.17. The van der Waals surface area contributed by atoms with Crippen molar-refractivity contribution in [3.63, 3.8) is 0 Å². The molecular weight excluding hydrogens is 1010 g/mol. The minimum absolute atomic E-state index is 0.119. The van der Waals surface area contributed by atoms with Crippen LogP contribution in [0.2, 0.25) is 0 Å². The van der Waals surface area contributed by atoms with Crippen LogP contribution in [0.5, 0.6) is 0 Å². The van der Waals surface area contributed by atoms with E-state index in [2.05, 4.69) is 59.9 Å². The minimum atomic E-state index is -1.84. The van der Waals surface area contributed by atoms with E-state index < -0.39 is 152 Å². The summed E-state index contributed by atoms with van der Waals surface area (Å²) in [4.78, 5) is 14.0. The number of esters is 1. The second-order valence-corrected chi connectivity index (χ2v) is 26.0. The van der Waals surface area contributed by atoms with Gasteiger partial charge in [0.2, 0.25) is 0 Å². The first-order valence-corrected chi connectivity index (χ1v) is 27.7. The summed E-state index contributed by atoms with van der Waals surface area (Å²) in [6.45, 7) is 13.6. The van der Waals surface area contributed by atoms with Crippen LogP contribution in [0.25, 0.3) is 0 Å². The summed E-state index contributed by atoms with van der Waals surface area (Å²) in [6.07, 6.45) is -18.8. The second kappa shape index (κ2) is 21.7. The SMILES string of the molecule is CNc1ccccc1C(=O)OC1CC(C)(C)CC2C3=CCC4C5(C)CCC(OC6OC(COC7OC(COC8OC(CO)C(O)C(O)C8O)C(O)C(O)C7O)C(O)C(O)C6O)C(C)(C)C5CCC4(C)C3(C)CC(O)C12CO. The molecule has 13 N–H and O–H groups in total. The largest absolute Gasteiger partial charge is 0.458 e. The fourth-order valence-corrected chi connectivity index (χ4v) is 16.4. The molecule has 5 aliphatic carbocycles. The number of nitrogens with one attached hydrogen (secondary N) is 1. The monoisotopic (exact) mass is 1090 g/mol. The van der Waals surface area contributed by atoms with Gasteiger partial charge in [0.05, 0.1) is 49.6 Å². The molecule has 77 heavy (non-hydrogen) atoms. The van der Waals surface area contributed by atoms with Crippen LogP contribution in [0.15, 0.2) is 35.9 Å². The van der Waals surface area contributed by atoms with E-state index in [0.717, 1.165) is 25.7 Å². The predicted molar refractivity (Wildman–Crippen MR) is 272 cm³/mol. The number of carbonyl (C=O) groups is 1. The first-order valence-electron chi connectivity index (χ1n) is 27.7. The number of carbonyl (C=O) groups excluding carboxylic acids is 1. The number of hydrogen-bond acceptors (Lipinski definition) is 21. The molecule has 25 atom stereocenters. The molecule has 436 valence electrons. The Labute approximate surface area is 450 Å². The van der Waals surface area contributed by atoms with E-state index in [1.54, 1.807) is 19.2 Å². The molecule has 0 spiro atoms. The first kappa shape index (κ1) is 59.1. The molecule has 3 saturated heterocycles. The standard InChI is InChI=1S/C56H87NO20/c1-51(2)19-28-27-13-14-34-53(5)17-16-36(52(3,4)33(53)15-18-54(34,6)55(27,7)20-35(60)56(28,25-59)37(21-51)76-47(70)26-11-9-10-12-29(26)57-8)77-50-46(69)43(66)40(63)32(75-50)24-72-49-45(68)42(65)39(62)31(74-49)23-71-48-44(67)41(64)38(61)30(22-58)73-48/h9-13,28,30-46,48-50,57-69H,14-25H2,1-8H3. The lowest BCUT2D eigenvalue weighted by Crippen LogP contribution is -2.69. The Kier molecular flexibility index (Phi) is 16.7. The highest BCUT2D eigenvalue weighted by Gasteiger charge is 2.72. The van der Waals surface area contributed by atoms with Crippen LogP contribution in [0.3, 0.4) is 0 Å². The zero-order valence-electron chi connectivity index (χ0n) is 45.6. The number of rotatable bonds is 13. The molecular formula is C56H87NO20. The maximum atomic E-state index is 14.0. The van der Waals surface area contributed by atoms with E-state index in [4.69, 9.17) is 33.2 Å². The van der Waals surface area contributed by atoms with Gasteiger partial charge in [-0.05, 0) is 108 Å². The molecule has 3 aliphatic heterocycles. The average molecular weight is 1090 g/mol. The Bertz CT molecular complexity index is 2290. The van der Waals surface area contributed by atoms with Gasteiger partial charge >= 0.3 is 5.97 Å². The van der Waals surface area contributed by atoms with Crippen LogP contribution in [-0.4, -0.2) is 211 Å². The third-order valence-electron chi connectivity index (χ3n) is 21.1. The molecule has 1 aromatic rings. The summed E-state index contributed by atoms with van der Waals surface area (Å²) in [5.74, 6) is -0.442. The summed E-state index contributed by atoms with van der Waals surface area (Å²) < 4.78 is 41.8. The molecule has 9 rings (SSSR count). The number of anilines is 1. The van der Waals surface area contributed by atoms with E-state index >= 15 is 0 Å². The van der Waals surface area contributed by atoms with Gasteiger partial charge in [0.15, 0.2) is 18.9 Å². The number of ether oxygens (including phenoxy) is 7. The third kappa shape index (κ3) is 9.73. The number of hydrogen-bond donors (Lipinski definition) is 13. The maximum Gasteiger partial charge on any atom is 0.340 e. The molecule has 0 amide bonds. The van der Waals surface area contributed by atoms with Crippen molar-refractivity contribution in [3.8, 4) is 0 Å². The fraction of sp³-hybridized carbons (Fsp3) is 0.839. The molecule has 21 heteroatoms. The predicted octanol–water partition coefficient (Wildman–Crippen LogP) is 0.462. The van der Waals surface area contributed by atoms with Crippen LogP contribution in [-0.2, 0) is 33.2 Å². The highest BCUT2D eigenvalue weighted by molar-refractivity contribution is 5.95. The topological polar surface area (TPSA) is 336 Å². The summed E-state index contributed by atoms with van der Waals surface area (Å²) >= 11 is 0. The minimum Gasteiger partial charge on any atom is -0.458 e. The molecule has 0 radical (unpaired) electrons. The Morgan fingerprint density at radius 3 is 1.79 bits per heavy atom. The van der Waals surface area contributed by atoms with E-state index in [0.29, 0.717) is 36.9 Å². The van der Waals surface area contributed by atoms with Gasteiger partial charge in [-0.15, -0.1) is 0 Å². The first-order chi connectivity index (χ1) is 36.1. The second-order valence-electron chi connectivity index (χ2n) is 26.0. The number of para-hydroxylation sites is 1. The molecule has 21 nitrogen and oxygen atoms in total. The van der Waals surface area contributed by atoms with Crippen molar-refractivity contribution in [2.24, 2.45) is 50.2 Å². The Morgan fingerprint density at radius 1 is 0.649 bits per heavy atom. The van der Waals surface area contributed by atoms with Gasteiger partial charge in [-0.3, -0.25) is 0 Å². The zero-order chi connectivity index (χ0) is 56.1. The van der Waals surface area contributed by atoms with Crippen molar-refractivity contribution >= 4 is 11.7 Å². The Hall–Kier alpha value is -2.49. The number of aliphatic hydroxyl groups excluding tert-OH is 12. The van der Waals surface area contributed by atoms with Crippen LogP contribution in [0.4, 0.5) is 5.69 Å². The normalized spacial score (nSPS) is 49.2. The number of aliphatic hydroxyl groups is 12. The smallest absolute Gasteiger partial charge is 0.340 e. The van der Waals surface area contributed by atoms with Crippen molar-refractivity contribution in [3.05, 3.63) is 41.5 Å². The van der Waals surface area contributed by atoms with Gasteiger partial charge in [-0.25, -0.2) is 4.79 Å². The molecule has 0 bridgehead atoms. The quantitative estimate of drug-likeness (QED) is 0.0725. The lowest BCUT2D eigenvalue weighted by Gasteiger charge is -2.72. The van der Waals surface area contributed by atoms with Gasteiger partial charge in [0.1, 0.15) is 79.4 Å². The highest BCUT2D eigenvalue weighted by Crippen LogP contribution is 2.76. The van der Waals surface area contributed by atoms with Crippen LogP contribution in [0, 0.1) is 50.2 Å². The van der Waals surface area contributed by atoms with Gasteiger partial charge in [0, 0.05) is 12.7 Å². The fourth-order valence-electron chi connectivity index (χ4n) is 16.4. The number of allylic oxidation sites excluding steroid dienone is 2. The van der Waals surface area contributed by atoms with Crippen LogP contribution < -0.4 is 5.32 Å². The van der Waals surface area contributed by atoms with Crippen molar-refractivity contribution < 1.29 is 99.2 Å².